The van der Waals surface area contributed by atoms with E-state index in [1.165, 1.54) is 48.2 Å². The monoisotopic (exact) mass is 323 g/mol. The van der Waals surface area contributed by atoms with Crippen LogP contribution < -0.4 is 0 Å². The van der Waals surface area contributed by atoms with Crippen molar-refractivity contribution >= 4 is 0 Å². The van der Waals surface area contributed by atoms with Crippen LogP contribution in [0.4, 0.5) is 0 Å². The first-order chi connectivity index (χ1) is 11.6. The molecule has 128 valence electrons. The average molecular weight is 323 g/mol. The van der Waals surface area contributed by atoms with Gasteiger partial charge in [-0.25, -0.2) is 0 Å². The van der Waals surface area contributed by atoms with Crippen molar-refractivity contribution in [3.05, 3.63) is 65.0 Å². The third-order valence-electron chi connectivity index (χ3n) is 4.95. The van der Waals surface area contributed by atoms with E-state index in [0.29, 0.717) is 6.04 Å². The summed E-state index contributed by atoms with van der Waals surface area (Å²) in [5.74, 6) is 0. The van der Waals surface area contributed by atoms with E-state index in [-0.39, 0.29) is 0 Å². The Kier molecular flexibility index (Phi) is 5.64. The number of aromatic nitrogens is 1. The van der Waals surface area contributed by atoms with Gasteiger partial charge in [0.2, 0.25) is 0 Å². The normalized spacial score (nSPS) is 18.9. The second-order valence-corrected chi connectivity index (χ2v) is 7.23. The predicted molar refractivity (Wildman–Crippen MR) is 99.8 cm³/mol. The fourth-order valence-electron chi connectivity index (χ4n) is 3.64. The van der Waals surface area contributed by atoms with Crippen LogP contribution in [0, 0.1) is 6.92 Å². The molecule has 2 heterocycles. The van der Waals surface area contributed by atoms with Gasteiger partial charge in [0.1, 0.15) is 0 Å². The lowest BCUT2D eigenvalue weighted by molar-refractivity contribution is 0.138. The van der Waals surface area contributed by atoms with Gasteiger partial charge in [-0.15, -0.1) is 0 Å². The first-order valence-corrected chi connectivity index (χ1v) is 9.01. The molecule has 1 aliphatic rings. The van der Waals surface area contributed by atoms with E-state index in [9.17, 15) is 0 Å². The van der Waals surface area contributed by atoms with Crippen molar-refractivity contribution in [3.8, 4) is 0 Å². The topological polar surface area (TPSA) is 19.4 Å². The number of likely N-dealkylation sites (tertiary alicyclic amines) is 1. The summed E-state index contributed by atoms with van der Waals surface area (Å²) in [7, 11) is 4.23. The number of rotatable bonds is 5. The molecule has 0 spiro atoms. The van der Waals surface area contributed by atoms with E-state index in [2.05, 4.69) is 66.1 Å². The quantitative estimate of drug-likeness (QED) is 0.823. The third-order valence-corrected chi connectivity index (χ3v) is 4.95. The molecular weight excluding hydrogens is 294 g/mol. The van der Waals surface area contributed by atoms with Gasteiger partial charge in [-0.3, -0.25) is 9.88 Å². The zero-order chi connectivity index (χ0) is 16.9. The molecule has 1 aromatic heterocycles. The molecule has 0 radical (unpaired) electrons. The lowest BCUT2D eigenvalue weighted by Gasteiger charge is -2.36. The Labute approximate surface area is 146 Å². The number of hydrogen-bond acceptors (Lipinski definition) is 3. The number of nitrogens with zero attached hydrogens (tertiary/aromatic N) is 3. The highest BCUT2D eigenvalue weighted by Crippen LogP contribution is 2.32. The number of pyridine rings is 1. The van der Waals surface area contributed by atoms with E-state index in [0.717, 1.165) is 13.1 Å². The van der Waals surface area contributed by atoms with Crippen molar-refractivity contribution in [3.63, 3.8) is 0 Å². The predicted octanol–water partition coefficient (Wildman–Crippen LogP) is 4.18. The van der Waals surface area contributed by atoms with Gasteiger partial charge < -0.3 is 4.90 Å². The molecule has 3 rings (SSSR count). The van der Waals surface area contributed by atoms with E-state index in [1.807, 2.05) is 12.3 Å². The molecule has 0 aliphatic carbocycles. The van der Waals surface area contributed by atoms with Gasteiger partial charge in [0.05, 0.1) is 5.69 Å². The van der Waals surface area contributed by atoms with Gasteiger partial charge in [0.15, 0.2) is 0 Å². The number of benzene rings is 1. The molecule has 1 fully saturated rings. The summed E-state index contributed by atoms with van der Waals surface area (Å²) in [6.07, 6.45) is 5.78. The van der Waals surface area contributed by atoms with Crippen LogP contribution in [-0.2, 0) is 13.1 Å². The number of hydrogen-bond donors (Lipinski definition) is 0. The van der Waals surface area contributed by atoms with E-state index >= 15 is 0 Å². The molecule has 1 aromatic carbocycles. The highest BCUT2D eigenvalue weighted by atomic mass is 15.2. The first kappa shape index (κ1) is 17.1. The van der Waals surface area contributed by atoms with Gasteiger partial charge in [0.25, 0.3) is 0 Å². The minimum Gasteiger partial charge on any atom is -0.305 e. The van der Waals surface area contributed by atoms with Gasteiger partial charge in [0, 0.05) is 25.3 Å². The largest absolute Gasteiger partial charge is 0.305 e. The molecule has 1 atom stereocenters. The Hall–Kier alpha value is -1.71. The maximum absolute atomic E-state index is 4.60. The zero-order valence-electron chi connectivity index (χ0n) is 15.2. The van der Waals surface area contributed by atoms with Crippen LogP contribution in [-0.4, -0.2) is 35.4 Å². The van der Waals surface area contributed by atoms with Crippen LogP contribution in [0.25, 0.3) is 0 Å². The summed E-state index contributed by atoms with van der Waals surface area (Å²) < 4.78 is 0. The van der Waals surface area contributed by atoms with Crippen molar-refractivity contribution < 1.29 is 0 Å². The van der Waals surface area contributed by atoms with Crippen LogP contribution in [0.5, 0.6) is 0 Å². The van der Waals surface area contributed by atoms with E-state index < -0.39 is 0 Å². The highest BCUT2D eigenvalue weighted by molar-refractivity contribution is 5.26. The second-order valence-electron chi connectivity index (χ2n) is 7.23. The molecule has 0 amide bonds. The van der Waals surface area contributed by atoms with Crippen LogP contribution >= 0.6 is 0 Å². The SMILES string of the molecule is Cc1cccnc1CN1CCCC[C@@H]1c1ccc(CN(C)C)cc1. The molecule has 1 aliphatic heterocycles. The second kappa shape index (κ2) is 7.91. The summed E-state index contributed by atoms with van der Waals surface area (Å²) in [6, 6.07) is 13.9. The molecule has 0 unspecified atom stereocenters. The first-order valence-electron chi connectivity index (χ1n) is 9.01. The summed E-state index contributed by atoms with van der Waals surface area (Å²) in [6.45, 7) is 5.29. The number of aryl methyl sites for hydroxylation is 1. The fraction of sp³-hybridized carbons (Fsp3) is 0.476. The van der Waals surface area contributed by atoms with Crippen molar-refractivity contribution in [1.82, 2.24) is 14.8 Å². The smallest absolute Gasteiger partial charge is 0.0573 e. The summed E-state index contributed by atoms with van der Waals surface area (Å²) in [5, 5.41) is 0. The molecule has 1 saturated heterocycles. The van der Waals surface area contributed by atoms with Crippen molar-refractivity contribution in [2.45, 2.75) is 45.3 Å². The Balaban J connectivity index is 1.75. The van der Waals surface area contributed by atoms with Crippen molar-refractivity contribution in [2.75, 3.05) is 20.6 Å². The zero-order valence-corrected chi connectivity index (χ0v) is 15.2. The molecule has 3 heteroatoms. The molecular formula is C21H29N3. The maximum atomic E-state index is 4.60. The van der Waals surface area contributed by atoms with Gasteiger partial charge in [-0.2, -0.15) is 0 Å². The molecule has 3 nitrogen and oxygen atoms in total. The Morgan fingerprint density at radius 1 is 1.12 bits per heavy atom. The molecule has 0 saturated carbocycles. The van der Waals surface area contributed by atoms with Gasteiger partial charge in [-0.1, -0.05) is 36.8 Å². The fourth-order valence-corrected chi connectivity index (χ4v) is 3.64. The van der Waals surface area contributed by atoms with E-state index in [1.54, 1.807) is 0 Å². The van der Waals surface area contributed by atoms with Crippen LogP contribution in [0.2, 0.25) is 0 Å². The summed E-state index contributed by atoms with van der Waals surface area (Å²) in [4.78, 5) is 9.43. The highest BCUT2D eigenvalue weighted by Gasteiger charge is 2.24. The van der Waals surface area contributed by atoms with Crippen molar-refractivity contribution in [2.24, 2.45) is 0 Å². The minimum absolute atomic E-state index is 0.522. The molecule has 0 bridgehead atoms. The van der Waals surface area contributed by atoms with Crippen LogP contribution in [0.15, 0.2) is 42.6 Å². The minimum atomic E-state index is 0.522. The van der Waals surface area contributed by atoms with Gasteiger partial charge >= 0.3 is 0 Å². The molecule has 0 N–H and O–H groups in total. The lowest BCUT2D eigenvalue weighted by atomic mass is 9.94. The summed E-state index contributed by atoms with van der Waals surface area (Å²) >= 11 is 0. The average Bonchev–Trinajstić information content (AvgIpc) is 2.58. The van der Waals surface area contributed by atoms with Crippen LogP contribution in [0.1, 0.15) is 47.7 Å². The maximum Gasteiger partial charge on any atom is 0.0573 e. The van der Waals surface area contributed by atoms with Crippen LogP contribution in [0.3, 0.4) is 0 Å². The Morgan fingerprint density at radius 3 is 2.62 bits per heavy atom. The Bertz CT molecular complexity index is 648. The molecule has 2 aromatic rings. The van der Waals surface area contributed by atoms with Crippen molar-refractivity contribution in [1.29, 1.82) is 0 Å². The van der Waals surface area contributed by atoms with Gasteiger partial charge in [-0.05, 0) is 63.2 Å². The molecule has 24 heavy (non-hydrogen) atoms. The Morgan fingerprint density at radius 2 is 1.92 bits per heavy atom. The summed E-state index contributed by atoms with van der Waals surface area (Å²) in [5.41, 5.74) is 5.34. The number of piperidine rings is 1. The standard InChI is InChI=1S/C21H29N3/c1-17-7-6-13-22-20(17)16-24-14-5-4-8-21(24)19-11-9-18(10-12-19)15-23(2)3/h6-7,9-13,21H,4-5,8,14-16H2,1-3H3/t21-/m1/s1. The third kappa shape index (κ3) is 4.22. The lowest BCUT2D eigenvalue weighted by Crippen LogP contribution is -2.33. The van der Waals surface area contributed by atoms with E-state index in [4.69, 9.17) is 0 Å².